The van der Waals surface area contributed by atoms with Crippen molar-refractivity contribution in [3.05, 3.63) is 75.3 Å². The Kier molecular flexibility index (Phi) is 4.99. The fraction of sp³-hybridized carbons (Fsp3) is 0.111. The van der Waals surface area contributed by atoms with Crippen LogP contribution in [0, 0.1) is 6.92 Å². The zero-order valence-electron chi connectivity index (χ0n) is 13.8. The summed E-state index contributed by atoms with van der Waals surface area (Å²) >= 11 is 5.76. The number of carbonyl (C=O) groups excluding carboxylic acids is 2. The first kappa shape index (κ1) is 17.6. The van der Waals surface area contributed by atoms with Gasteiger partial charge in [0, 0.05) is 10.6 Å². The van der Waals surface area contributed by atoms with Crippen molar-refractivity contribution in [2.75, 3.05) is 0 Å². The van der Waals surface area contributed by atoms with Crippen LogP contribution in [0.5, 0.6) is 0 Å². The van der Waals surface area contributed by atoms with Gasteiger partial charge in [0.15, 0.2) is 0 Å². The minimum atomic E-state index is -0.553. The van der Waals surface area contributed by atoms with Crippen LogP contribution in [0.2, 0.25) is 5.02 Å². The average Bonchev–Trinajstić information content (AvgIpc) is 2.63. The number of nitrogens with one attached hydrogen (secondary N) is 2. The molecule has 2 amide bonds. The van der Waals surface area contributed by atoms with Gasteiger partial charge in [0.25, 0.3) is 17.4 Å². The fourth-order valence-corrected chi connectivity index (χ4v) is 2.57. The number of nitrogens with zero attached hydrogens (tertiary/aromatic N) is 2. The van der Waals surface area contributed by atoms with E-state index in [0.29, 0.717) is 21.5 Å². The number of hydrazine groups is 1. The molecule has 1 heterocycles. The third-order valence-corrected chi connectivity index (χ3v) is 4.04. The van der Waals surface area contributed by atoms with E-state index in [9.17, 15) is 14.4 Å². The maximum Gasteiger partial charge on any atom is 0.269 e. The summed E-state index contributed by atoms with van der Waals surface area (Å²) < 4.78 is 1.19. The molecule has 0 aliphatic heterocycles. The number of benzene rings is 2. The molecule has 3 aromatic rings. The molecule has 0 atom stereocenters. The molecular formula is C18H15ClN4O3. The molecule has 0 spiro atoms. The topological polar surface area (TPSA) is 93.1 Å². The van der Waals surface area contributed by atoms with Crippen LogP contribution in [-0.2, 0) is 11.3 Å². The fourth-order valence-electron chi connectivity index (χ4n) is 2.44. The first-order valence-electron chi connectivity index (χ1n) is 7.75. The number of rotatable bonds is 3. The summed E-state index contributed by atoms with van der Waals surface area (Å²) in [6.07, 6.45) is 1.32. The first-order chi connectivity index (χ1) is 12.5. The number of aromatic nitrogens is 2. The van der Waals surface area contributed by atoms with Crippen LogP contribution >= 0.6 is 11.6 Å². The second-order valence-corrected chi connectivity index (χ2v) is 6.09. The summed E-state index contributed by atoms with van der Waals surface area (Å²) in [7, 11) is 0. The molecule has 26 heavy (non-hydrogen) atoms. The molecule has 7 nitrogen and oxygen atoms in total. The summed E-state index contributed by atoms with van der Waals surface area (Å²) in [5.74, 6) is -1.04. The third kappa shape index (κ3) is 3.73. The van der Waals surface area contributed by atoms with E-state index in [4.69, 9.17) is 11.6 Å². The van der Waals surface area contributed by atoms with Gasteiger partial charge in [0.1, 0.15) is 6.54 Å². The van der Waals surface area contributed by atoms with E-state index in [1.807, 2.05) is 13.0 Å². The Morgan fingerprint density at radius 1 is 1.12 bits per heavy atom. The normalized spacial score (nSPS) is 10.5. The molecule has 1 aromatic heterocycles. The zero-order chi connectivity index (χ0) is 18.7. The van der Waals surface area contributed by atoms with Crippen LogP contribution in [0.25, 0.3) is 10.9 Å². The smallest absolute Gasteiger partial charge is 0.269 e. The summed E-state index contributed by atoms with van der Waals surface area (Å²) in [4.78, 5) is 40.6. The van der Waals surface area contributed by atoms with Gasteiger partial charge in [-0.05, 0) is 42.8 Å². The lowest BCUT2D eigenvalue weighted by molar-refractivity contribution is -0.122. The highest BCUT2D eigenvalue weighted by Gasteiger charge is 2.11. The molecule has 0 bridgehead atoms. The van der Waals surface area contributed by atoms with Crippen molar-refractivity contribution in [3.8, 4) is 0 Å². The molecule has 0 aliphatic carbocycles. The van der Waals surface area contributed by atoms with Crippen LogP contribution in [0.4, 0.5) is 0 Å². The van der Waals surface area contributed by atoms with Crippen molar-refractivity contribution in [2.45, 2.75) is 13.5 Å². The number of aryl methyl sites for hydroxylation is 1. The number of halogens is 1. The Morgan fingerprint density at radius 3 is 2.58 bits per heavy atom. The van der Waals surface area contributed by atoms with E-state index in [-0.39, 0.29) is 12.1 Å². The second kappa shape index (κ2) is 7.37. The van der Waals surface area contributed by atoms with Crippen LogP contribution in [0.3, 0.4) is 0 Å². The quantitative estimate of drug-likeness (QED) is 0.688. The third-order valence-electron chi connectivity index (χ3n) is 3.79. The monoisotopic (exact) mass is 370 g/mol. The van der Waals surface area contributed by atoms with Crippen molar-refractivity contribution in [1.82, 2.24) is 20.4 Å². The van der Waals surface area contributed by atoms with Gasteiger partial charge >= 0.3 is 0 Å². The van der Waals surface area contributed by atoms with Crippen molar-refractivity contribution < 1.29 is 9.59 Å². The van der Waals surface area contributed by atoms with Gasteiger partial charge in [-0.1, -0.05) is 23.7 Å². The predicted molar refractivity (Wildman–Crippen MR) is 97.8 cm³/mol. The SMILES string of the molecule is Cc1cccc2c(=O)n(CC(=O)NNC(=O)c3ccc(Cl)cc3)cnc12. The zero-order valence-corrected chi connectivity index (χ0v) is 14.6. The van der Waals surface area contributed by atoms with E-state index in [0.717, 1.165) is 5.56 Å². The lowest BCUT2D eigenvalue weighted by Crippen LogP contribution is -2.44. The van der Waals surface area contributed by atoms with Gasteiger partial charge < -0.3 is 0 Å². The van der Waals surface area contributed by atoms with Crippen LogP contribution in [-0.4, -0.2) is 21.4 Å². The largest absolute Gasteiger partial charge is 0.289 e. The number of fused-ring (bicyclic) bond motifs is 1. The number of para-hydroxylation sites is 1. The molecule has 0 radical (unpaired) electrons. The van der Waals surface area contributed by atoms with E-state index >= 15 is 0 Å². The molecule has 3 rings (SSSR count). The molecule has 0 aliphatic rings. The summed E-state index contributed by atoms with van der Waals surface area (Å²) in [5.41, 5.74) is 6.06. The molecule has 0 saturated carbocycles. The van der Waals surface area contributed by atoms with E-state index in [1.54, 1.807) is 24.3 Å². The maximum absolute atomic E-state index is 12.5. The molecule has 0 fully saturated rings. The minimum absolute atomic E-state index is 0.267. The molecule has 8 heteroatoms. The standard InChI is InChI=1S/C18H15ClN4O3/c1-11-3-2-4-14-16(11)20-10-23(18(14)26)9-15(24)21-22-17(25)12-5-7-13(19)8-6-12/h2-8,10H,9H2,1H3,(H,21,24)(H,22,25). The number of carbonyl (C=O) groups is 2. The highest BCUT2D eigenvalue weighted by atomic mass is 35.5. The van der Waals surface area contributed by atoms with Gasteiger partial charge in [-0.15, -0.1) is 0 Å². The molecule has 0 saturated heterocycles. The molecule has 2 N–H and O–H groups in total. The van der Waals surface area contributed by atoms with Crippen LogP contribution in [0.15, 0.2) is 53.6 Å². The van der Waals surface area contributed by atoms with E-state index < -0.39 is 11.8 Å². The minimum Gasteiger partial charge on any atom is -0.289 e. The average molecular weight is 371 g/mol. The molecule has 2 aromatic carbocycles. The van der Waals surface area contributed by atoms with E-state index in [1.165, 1.54) is 23.0 Å². The number of amides is 2. The highest BCUT2D eigenvalue weighted by molar-refractivity contribution is 6.30. The predicted octanol–water partition coefficient (Wildman–Crippen LogP) is 1.82. The van der Waals surface area contributed by atoms with Gasteiger partial charge in [0.05, 0.1) is 17.2 Å². The number of hydrogen-bond acceptors (Lipinski definition) is 4. The number of hydrogen-bond donors (Lipinski definition) is 2. The Balaban J connectivity index is 1.68. The summed E-state index contributed by atoms with van der Waals surface area (Å²) in [6, 6.07) is 11.5. The highest BCUT2D eigenvalue weighted by Crippen LogP contribution is 2.11. The molecule has 132 valence electrons. The van der Waals surface area contributed by atoms with Gasteiger partial charge in [-0.25, -0.2) is 4.98 Å². The van der Waals surface area contributed by atoms with Crippen molar-refractivity contribution in [1.29, 1.82) is 0 Å². The van der Waals surface area contributed by atoms with Gasteiger partial charge in [0.2, 0.25) is 0 Å². The van der Waals surface area contributed by atoms with Crippen LogP contribution < -0.4 is 16.4 Å². The van der Waals surface area contributed by atoms with Crippen molar-refractivity contribution in [2.24, 2.45) is 0 Å². The van der Waals surface area contributed by atoms with Crippen molar-refractivity contribution >= 4 is 34.3 Å². The first-order valence-corrected chi connectivity index (χ1v) is 8.13. The van der Waals surface area contributed by atoms with Gasteiger partial charge in [-0.3, -0.25) is 29.8 Å². The maximum atomic E-state index is 12.5. The Morgan fingerprint density at radius 2 is 1.85 bits per heavy atom. The lowest BCUT2D eigenvalue weighted by Gasteiger charge is -2.10. The Labute approximate surface area is 153 Å². The Bertz CT molecular complexity index is 1040. The van der Waals surface area contributed by atoms with E-state index in [2.05, 4.69) is 15.8 Å². The van der Waals surface area contributed by atoms with Gasteiger partial charge in [-0.2, -0.15) is 0 Å². The summed E-state index contributed by atoms with van der Waals surface area (Å²) in [6.45, 7) is 1.59. The molecular weight excluding hydrogens is 356 g/mol. The summed E-state index contributed by atoms with van der Waals surface area (Å²) in [5, 5.41) is 0.939. The second-order valence-electron chi connectivity index (χ2n) is 5.66. The van der Waals surface area contributed by atoms with Crippen molar-refractivity contribution in [3.63, 3.8) is 0 Å². The molecule has 0 unspecified atom stereocenters. The lowest BCUT2D eigenvalue weighted by atomic mass is 10.1. The van der Waals surface area contributed by atoms with Crippen LogP contribution in [0.1, 0.15) is 15.9 Å². The Hall–Kier alpha value is -3.19.